The minimum absolute atomic E-state index is 0.301. The van der Waals surface area contributed by atoms with E-state index in [-0.39, 0.29) is 11.8 Å². The van der Waals surface area contributed by atoms with Crippen LogP contribution in [0.3, 0.4) is 0 Å². The van der Waals surface area contributed by atoms with Gasteiger partial charge >= 0.3 is 12.0 Å². The molecular formula is C16H17FN4O3S. The van der Waals surface area contributed by atoms with Crippen LogP contribution in [0.5, 0.6) is 0 Å². The van der Waals surface area contributed by atoms with E-state index in [0.29, 0.717) is 48.1 Å². The molecular weight excluding hydrogens is 347 g/mol. The van der Waals surface area contributed by atoms with Crippen molar-refractivity contribution in [2.24, 2.45) is 5.92 Å². The first kappa shape index (κ1) is 17.3. The van der Waals surface area contributed by atoms with Gasteiger partial charge in [0.25, 0.3) is 0 Å². The Morgan fingerprint density at radius 1 is 1.28 bits per heavy atom. The van der Waals surface area contributed by atoms with Gasteiger partial charge in [0.2, 0.25) is 5.13 Å². The Kier molecular flexibility index (Phi) is 5.22. The topological polar surface area (TPSA) is 95.4 Å². The number of hydrogen-bond donors (Lipinski definition) is 2. The Hall–Kier alpha value is -2.55. The molecule has 0 bridgehead atoms. The van der Waals surface area contributed by atoms with Crippen LogP contribution in [0.2, 0.25) is 0 Å². The highest BCUT2D eigenvalue weighted by Gasteiger charge is 2.27. The number of benzene rings is 1. The van der Waals surface area contributed by atoms with Crippen molar-refractivity contribution in [3.05, 3.63) is 40.7 Å². The van der Waals surface area contributed by atoms with Crippen molar-refractivity contribution in [2.75, 3.05) is 18.4 Å². The number of piperidine rings is 1. The third-order valence-corrected chi connectivity index (χ3v) is 4.95. The number of aromatic nitrogens is 2. The van der Waals surface area contributed by atoms with Crippen molar-refractivity contribution < 1.29 is 19.1 Å². The molecule has 1 aromatic heterocycles. The standard InChI is InChI=1S/C16H17FN4O3S/c17-12-4-2-1-3-11(12)9-13-19-20-15(25-13)18-16(24)21-7-5-10(6-8-21)14(22)23/h1-4,10H,5-9H2,(H,22,23)(H,18,20,24). The predicted molar refractivity (Wildman–Crippen MR) is 90.1 cm³/mol. The fraction of sp³-hybridized carbons (Fsp3) is 0.375. The Bertz CT molecular complexity index is 774. The van der Waals surface area contributed by atoms with Crippen molar-refractivity contribution in [3.63, 3.8) is 0 Å². The molecule has 0 spiro atoms. The quantitative estimate of drug-likeness (QED) is 0.869. The van der Waals surface area contributed by atoms with Gasteiger partial charge in [-0.15, -0.1) is 10.2 Å². The van der Waals surface area contributed by atoms with Gasteiger partial charge in [0.1, 0.15) is 10.8 Å². The molecule has 3 rings (SSSR count). The number of hydrogen-bond acceptors (Lipinski definition) is 5. The predicted octanol–water partition coefficient (Wildman–Crippen LogP) is 2.60. The molecule has 0 atom stereocenters. The minimum atomic E-state index is -0.818. The summed E-state index contributed by atoms with van der Waals surface area (Å²) in [4.78, 5) is 24.7. The lowest BCUT2D eigenvalue weighted by Crippen LogP contribution is -2.42. The van der Waals surface area contributed by atoms with Crippen LogP contribution in [0.4, 0.5) is 14.3 Å². The van der Waals surface area contributed by atoms with Crippen molar-refractivity contribution in [2.45, 2.75) is 19.3 Å². The molecule has 0 aliphatic carbocycles. The molecule has 1 aliphatic heterocycles. The van der Waals surface area contributed by atoms with Crippen molar-refractivity contribution >= 4 is 28.5 Å². The summed E-state index contributed by atoms with van der Waals surface area (Å²) >= 11 is 1.19. The van der Waals surface area contributed by atoms with Gasteiger partial charge in [-0.05, 0) is 24.5 Å². The molecule has 1 aromatic carbocycles. The number of urea groups is 1. The van der Waals surface area contributed by atoms with Gasteiger partial charge in [-0.2, -0.15) is 0 Å². The summed E-state index contributed by atoms with van der Waals surface area (Å²) in [6.45, 7) is 0.785. The zero-order valence-corrected chi connectivity index (χ0v) is 14.1. The SMILES string of the molecule is O=C(O)C1CCN(C(=O)Nc2nnc(Cc3ccccc3F)s2)CC1. The molecule has 2 aromatic rings. The van der Waals surface area contributed by atoms with E-state index >= 15 is 0 Å². The molecule has 9 heteroatoms. The third-order valence-electron chi connectivity index (χ3n) is 4.11. The van der Waals surface area contributed by atoms with Crippen LogP contribution in [0.15, 0.2) is 24.3 Å². The van der Waals surface area contributed by atoms with E-state index < -0.39 is 11.9 Å². The molecule has 7 nitrogen and oxygen atoms in total. The van der Waals surface area contributed by atoms with E-state index in [1.807, 2.05) is 0 Å². The normalized spacial score (nSPS) is 15.2. The summed E-state index contributed by atoms with van der Waals surface area (Å²) in [5.74, 6) is -1.51. The average Bonchev–Trinajstić information content (AvgIpc) is 3.04. The van der Waals surface area contributed by atoms with Crippen LogP contribution in [0, 0.1) is 11.7 Å². The zero-order valence-electron chi connectivity index (χ0n) is 13.3. The lowest BCUT2D eigenvalue weighted by Gasteiger charge is -2.29. The van der Waals surface area contributed by atoms with Gasteiger partial charge < -0.3 is 10.0 Å². The fourth-order valence-corrected chi connectivity index (χ4v) is 3.43. The van der Waals surface area contributed by atoms with Gasteiger partial charge in [0, 0.05) is 19.5 Å². The summed E-state index contributed by atoms with van der Waals surface area (Å²) in [5, 5.41) is 20.5. The number of anilines is 1. The summed E-state index contributed by atoms with van der Waals surface area (Å²) in [7, 11) is 0. The Morgan fingerprint density at radius 3 is 2.68 bits per heavy atom. The van der Waals surface area contributed by atoms with E-state index in [9.17, 15) is 14.0 Å². The summed E-state index contributed by atoms with van der Waals surface area (Å²) in [6.07, 6.45) is 1.19. The van der Waals surface area contributed by atoms with Gasteiger partial charge in [-0.25, -0.2) is 9.18 Å². The van der Waals surface area contributed by atoms with Crippen molar-refractivity contribution in [1.29, 1.82) is 0 Å². The van der Waals surface area contributed by atoms with Crippen molar-refractivity contribution in [1.82, 2.24) is 15.1 Å². The van der Waals surface area contributed by atoms with Crippen molar-refractivity contribution in [3.8, 4) is 0 Å². The number of carbonyl (C=O) groups is 2. The summed E-state index contributed by atoms with van der Waals surface area (Å²) in [6, 6.07) is 6.12. The molecule has 2 N–H and O–H groups in total. The number of amides is 2. The fourth-order valence-electron chi connectivity index (χ4n) is 2.68. The van der Waals surface area contributed by atoms with Gasteiger partial charge in [-0.3, -0.25) is 10.1 Å². The van der Waals surface area contributed by atoms with Crippen LogP contribution in [-0.4, -0.2) is 45.3 Å². The first-order valence-electron chi connectivity index (χ1n) is 7.87. The number of nitrogens with zero attached hydrogens (tertiary/aromatic N) is 3. The van der Waals surface area contributed by atoms with E-state index in [1.54, 1.807) is 23.1 Å². The molecule has 1 saturated heterocycles. The maximum atomic E-state index is 13.7. The van der Waals surface area contributed by atoms with Crippen LogP contribution >= 0.6 is 11.3 Å². The monoisotopic (exact) mass is 364 g/mol. The number of nitrogens with one attached hydrogen (secondary N) is 1. The first-order valence-corrected chi connectivity index (χ1v) is 8.69. The van der Waals surface area contributed by atoms with Crippen LogP contribution in [0.1, 0.15) is 23.4 Å². The number of likely N-dealkylation sites (tertiary alicyclic amines) is 1. The second kappa shape index (κ2) is 7.56. The number of carboxylic acids is 1. The second-order valence-electron chi connectivity index (χ2n) is 5.80. The maximum absolute atomic E-state index is 13.7. The molecule has 2 amide bonds. The Morgan fingerprint density at radius 2 is 2.00 bits per heavy atom. The lowest BCUT2D eigenvalue weighted by molar-refractivity contribution is -0.143. The largest absolute Gasteiger partial charge is 0.481 e. The number of carboxylic acid groups (broad SMARTS) is 1. The summed E-state index contributed by atoms with van der Waals surface area (Å²) < 4.78 is 13.7. The lowest BCUT2D eigenvalue weighted by atomic mass is 9.97. The number of rotatable bonds is 4. The van der Waals surface area contributed by atoms with Crippen LogP contribution in [0.25, 0.3) is 0 Å². The second-order valence-corrected chi connectivity index (χ2v) is 6.86. The molecule has 1 aliphatic rings. The third kappa shape index (κ3) is 4.30. The highest BCUT2D eigenvalue weighted by Crippen LogP contribution is 2.22. The maximum Gasteiger partial charge on any atom is 0.323 e. The number of halogens is 1. The van der Waals surface area contributed by atoms with Crippen LogP contribution in [-0.2, 0) is 11.2 Å². The van der Waals surface area contributed by atoms with Gasteiger partial charge in [0.15, 0.2) is 0 Å². The Labute approximate surface area is 147 Å². The van der Waals surface area contributed by atoms with E-state index in [4.69, 9.17) is 5.11 Å². The first-order chi connectivity index (χ1) is 12.0. The molecule has 0 unspecified atom stereocenters. The number of aliphatic carboxylic acids is 1. The highest BCUT2D eigenvalue weighted by atomic mass is 32.1. The van der Waals surface area contributed by atoms with Crippen LogP contribution < -0.4 is 5.32 Å². The van der Waals surface area contributed by atoms with Gasteiger partial charge in [-0.1, -0.05) is 29.5 Å². The summed E-state index contributed by atoms with van der Waals surface area (Å²) in [5.41, 5.74) is 0.521. The van der Waals surface area contributed by atoms with E-state index in [2.05, 4.69) is 15.5 Å². The Balaban J connectivity index is 1.55. The molecule has 0 radical (unpaired) electrons. The molecule has 2 heterocycles. The molecule has 25 heavy (non-hydrogen) atoms. The molecule has 1 fully saturated rings. The van der Waals surface area contributed by atoms with E-state index in [1.165, 1.54) is 17.4 Å². The molecule has 0 saturated carbocycles. The zero-order chi connectivity index (χ0) is 17.8. The number of carbonyl (C=O) groups excluding carboxylic acids is 1. The highest BCUT2D eigenvalue weighted by molar-refractivity contribution is 7.15. The van der Waals surface area contributed by atoms with Gasteiger partial charge in [0.05, 0.1) is 5.92 Å². The molecule has 132 valence electrons. The minimum Gasteiger partial charge on any atom is -0.481 e. The van der Waals surface area contributed by atoms with E-state index in [0.717, 1.165) is 0 Å². The smallest absolute Gasteiger partial charge is 0.323 e. The average molecular weight is 364 g/mol.